The fraction of sp³-hybridized carbons (Fsp3) is 0.143. The molecule has 0 aliphatic heterocycles. The first-order valence-corrected chi connectivity index (χ1v) is 3.69. The smallest absolute Gasteiger partial charge is 0.445 e. The summed E-state index contributed by atoms with van der Waals surface area (Å²) in [7, 11) is 0. The van der Waals surface area contributed by atoms with Gasteiger partial charge in [0.15, 0.2) is 0 Å². The Morgan fingerprint density at radius 3 is 1.88 bits per heavy atom. The molecule has 0 saturated carbocycles. The second-order valence-corrected chi connectivity index (χ2v) is 2.78. The van der Waals surface area contributed by atoms with Gasteiger partial charge < -0.3 is 12.9 Å². The van der Waals surface area contributed by atoms with E-state index in [4.69, 9.17) is 0 Å². The molecule has 16 heavy (non-hydrogen) atoms. The van der Waals surface area contributed by atoms with Gasteiger partial charge >= 0.3 is 64.5 Å². The fourth-order valence-corrected chi connectivity index (χ4v) is 1.02. The minimum absolute atomic E-state index is 0. The molecule has 0 amide bonds. The molecule has 0 N–H and O–H groups in total. The van der Waals surface area contributed by atoms with Crippen LogP contribution in [0.25, 0.3) is 0 Å². The Balaban J connectivity index is 0.00000225. The van der Waals surface area contributed by atoms with Crippen molar-refractivity contribution in [3.8, 4) is 0 Å². The third-order valence-corrected chi connectivity index (χ3v) is 1.69. The van der Waals surface area contributed by atoms with Gasteiger partial charge in [-0.15, -0.1) is 0 Å². The molecule has 0 aliphatic carbocycles. The van der Waals surface area contributed by atoms with E-state index < -0.39 is 30.0 Å². The van der Waals surface area contributed by atoms with E-state index >= 15 is 0 Å². The van der Waals surface area contributed by atoms with Crippen LogP contribution in [0.4, 0.5) is 30.5 Å². The number of halogens is 7. The van der Waals surface area contributed by atoms with Crippen LogP contribution in [0.5, 0.6) is 0 Å². The second-order valence-electron chi connectivity index (χ2n) is 2.78. The Kier molecular flexibility index (Phi) is 5.53. The largest absolute Gasteiger partial charge is 1.00 e. The van der Waals surface area contributed by atoms with Gasteiger partial charge in [0.05, 0.1) is 5.56 Å². The molecule has 1 aromatic rings. The molecular weight excluding hydrogens is 267 g/mol. The summed E-state index contributed by atoms with van der Waals surface area (Å²) in [5.74, 6) is -2.27. The second kappa shape index (κ2) is 5.38. The third kappa shape index (κ3) is 3.73. The molecule has 0 aromatic heterocycles. The van der Waals surface area contributed by atoms with E-state index in [1.54, 1.807) is 0 Å². The number of hydrogen-bond donors (Lipinski definition) is 0. The molecule has 1 aromatic carbocycles. The molecule has 0 saturated heterocycles. The Hall–Kier alpha value is 0.431. The van der Waals surface area contributed by atoms with Crippen molar-refractivity contribution in [2.75, 3.05) is 0 Å². The Bertz CT molecular complexity index is 338. The summed E-state index contributed by atoms with van der Waals surface area (Å²) >= 11 is 0. The zero-order valence-corrected chi connectivity index (χ0v) is 11.1. The number of hydrogen-bond acceptors (Lipinski definition) is 0. The number of alkyl halides is 3. The van der Waals surface area contributed by atoms with Crippen LogP contribution >= 0.6 is 0 Å². The number of rotatable bonds is 1. The van der Waals surface area contributed by atoms with Crippen LogP contribution in [0.1, 0.15) is 5.56 Å². The average molecular weight is 270 g/mol. The topological polar surface area (TPSA) is 0 Å². The molecule has 0 spiro atoms. The van der Waals surface area contributed by atoms with E-state index in [0.29, 0.717) is 6.07 Å². The van der Waals surface area contributed by atoms with Gasteiger partial charge in [-0.3, -0.25) is 0 Å². The molecule has 0 heterocycles. The summed E-state index contributed by atoms with van der Waals surface area (Å²) in [6.07, 6.45) is -5.12. The SMILES string of the molecule is Fc1c([B-](F)(F)F)cccc1C(F)(F)F.[K+]. The first-order chi connectivity index (χ1) is 6.64. The summed E-state index contributed by atoms with van der Waals surface area (Å²) in [4.78, 5) is 0. The van der Waals surface area contributed by atoms with Crippen LogP contribution in [-0.2, 0) is 6.18 Å². The fourth-order valence-electron chi connectivity index (χ4n) is 1.02. The van der Waals surface area contributed by atoms with Crippen molar-refractivity contribution in [1.82, 2.24) is 0 Å². The molecular formula is C7H3BF7K. The van der Waals surface area contributed by atoms with Crippen LogP contribution in [0.2, 0.25) is 0 Å². The van der Waals surface area contributed by atoms with Crippen molar-refractivity contribution in [2.45, 2.75) is 6.18 Å². The van der Waals surface area contributed by atoms with Crippen LogP contribution in [-0.4, -0.2) is 6.98 Å². The summed E-state index contributed by atoms with van der Waals surface area (Å²) in [6.45, 7) is -5.78. The van der Waals surface area contributed by atoms with E-state index in [-0.39, 0.29) is 63.5 Å². The van der Waals surface area contributed by atoms with Crippen LogP contribution in [0.15, 0.2) is 18.2 Å². The zero-order chi connectivity index (χ0) is 11.9. The van der Waals surface area contributed by atoms with Gasteiger partial charge in [0.25, 0.3) is 0 Å². The summed E-state index contributed by atoms with van der Waals surface area (Å²) in [5, 5.41) is 0. The van der Waals surface area contributed by atoms with E-state index in [1.165, 1.54) is 0 Å². The van der Waals surface area contributed by atoms with E-state index in [0.717, 1.165) is 0 Å². The van der Waals surface area contributed by atoms with Crippen LogP contribution in [0, 0.1) is 5.82 Å². The molecule has 9 heteroatoms. The maximum absolute atomic E-state index is 12.8. The predicted octanol–water partition coefficient (Wildman–Crippen LogP) is -0.0971. The summed E-state index contributed by atoms with van der Waals surface area (Å²) < 4.78 is 85.1. The van der Waals surface area contributed by atoms with Crippen molar-refractivity contribution in [3.05, 3.63) is 29.6 Å². The van der Waals surface area contributed by atoms with Crippen molar-refractivity contribution < 1.29 is 81.9 Å². The summed E-state index contributed by atoms with van der Waals surface area (Å²) in [6, 6.07) is 1.07. The Labute approximate surface area is 129 Å². The quantitative estimate of drug-likeness (QED) is 0.494. The van der Waals surface area contributed by atoms with E-state index in [9.17, 15) is 30.5 Å². The molecule has 0 bridgehead atoms. The molecule has 0 atom stereocenters. The Morgan fingerprint density at radius 1 is 1.00 bits per heavy atom. The maximum Gasteiger partial charge on any atom is 1.00 e. The zero-order valence-electron chi connectivity index (χ0n) is 7.96. The first-order valence-electron chi connectivity index (χ1n) is 3.69. The van der Waals surface area contributed by atoms with E-state index in [1.807, 2.05) is 0 Å². The molecule has 0 aliphatic rings. The van der Waals surface area contributed by atoms with Crippen molar-refractivity contribution in [1.29, 1.82) is 0 Å². The third-order valence-electron chi connectivity index (χ3n) is 1.69. The standard InChI is InChI=1S/C7H3BF7.K/c9-6-4(7(10,11)12)2-1-3-5(6)8(13,14)15;/h1-3H;/q-1;+1. The minimum Gasteiger partial charge on any atom is -0.445 e. The molecule has 0 nitrogen and oxygen atoms in total. The monoisotopic (exact) mass is 270 g/mol. The van der Waals surface area contributed by atoms with Crippen molar-refractivity contribution in [2.24, 2.45) is 0 Å². The van der Waals surface area contributed by atoms with Gasteiger partial charge in [0, 0.05) is 0 Å². The van der Waals surface area contributed by atoms with Gasteiger partial charge in [-0.25, -0.2) is 4.39 Å². The Morgan fingerprint density at radius 2 is 1.50 bits per heavy atom. The summed E-state index contributed by atoms with van der Waals surface area (Å²) in [5.41, 5.74) is -3.76. The van der Waals surface area contributed by atoms with Gasteiger partial charge in [-0.1, -0.05) is 17.6 Å². The molecule has 0 radical (unpaired) electrons. The molecule has 1 rings (SSSR count). The normalized spacial score (nSPS) is 12.2. The first kappa shape index (κ1) is 16.4. The van der Waals surface area contributed by atoms with Crippen LogP contribution < -0.4 is 56.8 Å². The maximum atomic E-state index is 12.8. The van der Waals surface area contributed by atoms with Crippen LogP contribution in [0.3, 0.4) is 0 Å². The van der Waals surface area contributed by atoms with Crippen molar-refractivity contribution >= 4 is 12.4 Å². The van der Waals surface area contributed by atoms with Crippen molar-refractivity contribution in [3.63, 3.8) is 0 Å². The molecule has 0 fully saturated rings. The van der Waals surface area contributed by atoms with Gasteiger partial charge in [-0.2, -0.15) is 13.2 Å². The molecule has 0 unspecified atom stereocenters. The predicted molar refractivity (Wildman–Crippen MR) is 40.1 cm³/mol. The van der Waals surface area contributed by atoms with Gasteiger partial charge in [0.2, 0.25) is 0 Å². The average Bonchev–Trinajstić information content (AvgIpc) is 1.99. The molecule has 84 valence electrons. The van der Waals surface area contributed by atoms with E-state index in [2.05, 4.69) is 0 Å². The number of benzene rings is 1. The minimum atomic E-state index is -5.78. The van der Waals surface area contributed by atoms with Gasteiger partial charge in [0.1, 0.15) is 5.82 Å². The van der Waals surface area contributed by atoms with Gasteiger partial charge in [-0.05, 0) is 6.07 Å².